The fraction of sp³-hybridized carbons (Fsp3) is 0.394. The maximum atomic E-state index is 12.3. The maximum Gasteiger partial charge on any atom is 0.243 e. The van der Waals surface area contributed by atoms with E-state index in [1.807, 2.05) is 66.7 Å². The molecule has 1 saturated heterocycles. The van der Waals surface area contributed by atoms with Crippen molar-refractivity contribution in [3.8, 4) is 11.1 Å². The van der Waals surface area contributed by atoms with Gasteiger partial charge in [-0.2, -0.15) is 11.8 Å². The van der Waals surface area contributed by atoms with Gasteiger partial charge in [-0.25, -0.2) is 5.48 Å². The van der Waals surface area contributed by atoms with Gasteiger partial charge in [0.1, 0.15) is 0 Å². The number of benzene rings is 3. The third-order valence-electron chi connectivity index (χ3n) is 7.25. The molecule has 43 heavy (non-hydrogen) atoms. The van der Waals surface area contributed by atoms with Crippen LogP contribution in [0.5, 0.6) is 0 Å². The van der Waals surface area contributed by atoms with E-state index in [0.717, 1.165) is 39.1 Å². The summed E-state index contributed by atoms with van der Waals surface area (Å²) in [7, 11) is 0. The molecule has 10 heteroatoms. The molecule has 230 valence electrons. The van der Waals surface area contributed by atoms with Crippen LogP contribution in [0.2, 0.25) is 0 Å². The van der Waals surface area contributed by atoms with E-state index in [-0.39, 0.29) is 37.7 Å². The summed E-state index contributed by atoms with van der Waals surface area (Å²) < 4.78 is 12.9. The van der Waals surface area contributed by atoms with Crippen LogP contribution < -0.4 is 10.8 Å². The molecule has 5 N–H and O–H groups in total. The van der Waals surface area contributed by atoms with Gasteiger partial charge in [0.25, 0.3) is 0 Å². The van der Waals surface area contributed by atoms with Crippen molar-refractivity contribution in [3.63, 3.8) is 0 Å². The molecule has 0 bridgehead atoms. The van der Waals surface area contributed by atoms with Crippen LogP contribution in [0.1, 0.15) is 66.8 Å². The number of ether oxygens (including phenoxy) is 2. The number of rotatable bonds is 15. The number of hydrogen-bond donors (Lipinski definition) is 5. The molecule has 3 atom stereocenters. The molecule has 1 aliphatic rings. The third-order valence-corrected chi connectivity index (χ3v) is 8.32. The van der Waals surface area contributed by atoms with Crippen LogP contribution in [0, 0.1) is 0 Å². The Morgan fingerprint density at radius 2 is 1.56 bits per heavy atom. The topological polar surface area (TPSA) is 137 Å². The van der Waals surface area contributed by atoms with Gasteiger partial charge in [-0.15, -0.1) is 0 Å². The molecule has 3 unspecified atom stereocenters. The number of amides is 2. The number of hydroxylamine groups is 1. The average Bonchev–Trinajstić information content (AvgIpc) is 3.06. The highest BCUT2D eigenvalue weighted by Crippen LogP contribution is 2.39. The van der Waals surface area contributed by atoms with Crippen molar-refractivity contribution in [2.45, 2.75) is 63.8 Å². The highest BCUT2D eigenvalue weighted by atomic mass is 32.2. The van der Waals surface area contributed by atoms with Crippen LogP contribution >= 0.6 is 11.8 Å². The highest BCUT2D eigenvalue weighted by Gasteiger charge is 2.32. The van der Waals surface area contributed by atoms with Crippen LogP contribution in [-0.4, -0.2) is 51.5 Å². The van der Waals surface area contributed by atoms with Gasteiger partial charge in [-0.05, 0) is 52.8 Å². The minimum absolute atomic E-state index is 0.00821. The molecule has 0 saturated carbocycles. The minimum atomic E-state index is -0.568. The van der Waals surface area contributed by atoms with Crippen molar-refractivity contribution in [3.05, 3.63) is 95.1 Å². The van der Waals surface area contributed by atoms with Gasteiger partial charge in [-0.1, -0.05) is 60.7 Å². The lowest BCUT2D eigenvalue weighted by Gasteiger charge is -2.36. The summed E-state index contributed by atoms with van der Waals surface area (Å²) >= 11 is 1.66. The van der Waals surface area contributed by atoms with Crippen molar-refractivity contribution < 1.29 is 34.5 Å². The normalized spacial score (nSPS) is 18.3. The van der Waals surface area contributed by atoms with Crippen molar-refractivity contribution in [1.82, 2.24) is 10.8 Å². The molecular formula is C33H40N2O7S. The molecule has 9 nitrogen and oxygen atoms in total. The number of thioether (sulfide) groups is 1. The van der Waals surface area contributed by atoms with Crippen LogP contribution in [0.15, 0.2) is 72.8 Å². The van der Waals surface area contributed by atoms with Crippen LogP contribution in [-0.2, 0) is 32.2 Å². The fourth-order valence-corrected chi connectivity index (χ4v) is 5.72. The zero-order valence-corrected chi connectivity index (χ0v) is 24.9. The molecule has 2 amide bonds. The summed E-state index contributed by atoms with van der Waals surface area (Å²) in [6, 6.07) is 23.9. The monoisotopic (exact) mass is 608 g/mol. The maximum absolute atomic E-state index is 12.3. The highest BCUT2D eigenvalue weighted by molar-refractivity contribution is 7.99. The van der Waals surface area contributed by atoms with E-state index in [4.69, 9.17) is 14.7 Å². The third kappa shape index (κ3) is 10.2. The van der Waals surface area contributed by atoms with E-state index in [1.54, 1.807) is 17.2 Å². The first-order valence-electron chi connectivity index (χ1n) is 14.6. The van der Waals surface area contributed by atoms with Gasteiger partial charge >= 0.3 is 0 Å². The van der Waals surface area contributed by atoms with Crippen LogP contribution in [0.4, 0.5) is 0 Å². The van der Waals surface area contributed by atoms with E-state index in [9.17, 15) is 19.8 Å². The molecule has 0 aliphatic carbocycles. The second-order valence-electron chi connectivity index (χ2n) is 10.5. The number of carbonyl (C=O) groups excluding carboxylic acids is 2. The van der Waals surface area contributed by atoms with Crippen LogP contribution in [0.3, 0.4) is 0 Å². The molecule has 0 aromatic heterocycles. The first-order chi connectivity index (χ1) is 21.0. The van der Waals surface area contributed by atoms with Gasteiger partial charge in [0.05, 0.1) is 25.4 Å². The van der Waals surface area contributed by atoms with Crippen molar-refractivity contribution in [1.29, 1.82) is 0 Å². The predicted octanol–water partition coefficient (Wildman–Crippen LogP) is 4.80. The van der Waals surface area contributed by atoms with Gasteiger partial charge in [0, 0.05) is 42.9 Å². The number of carbonyl (C=O) groups is 2. The Hall–Kier alpha value is -3.25. The number of unbranched alkanes of at least 4 members (excludes halogenated alkanes) is 1. The number of aliphatic hydroxyl groups excluding tert-OH is 2. The number of hydrogen-bond acceptors (Lipinski definition) is 8. The van der Waals surface area contributed by atoms with Gasteiger partial charge in [-0.3, -0.25) is 14.8 Å². The van der Waals surface area contributed by atoms with Crippen LogP contribution in [0.25, 0.3) is 11.1 Å². The van der Waals surface area contributed by atoms with Crippen molar-refractivity contribution >= 4 is 23.6 Å². The standard InChI is InChI=1S/C33H40N2O7S/c36-15-16-43-22-29-19-30(25-13-11-23(21-37)12-14-25)42-33(41-29)28-8-4-7-27(18-28)26-6-3-5-24(17-26)20-34-31(38)9-1-2-10-32(39)35-40/h3-8,11-14,17-18,29-30,33,36-37,40H,1-2,9-10,15-16,19-22H2,(H,34,38)(H,35,39). The largest absolute Gasteiger partial charge is 0.396 e. The Morgan fingerprint density at radius 3 is 2.28 bits per heavy atom. The summed E-state index contributed by atoms with van der Waals surface area (Å²) in [5.41, 5.74) is 7.35. The summed E-state index contributed by atoms with van der Waals surface area (Å²) in [6.07, 6.45) is 1.48. The Balaban J connectivity index is 1.42. The zero-order valence-electron chi connectivity index (χ0n) is 24.1. The Labute approximate surface area is 256 Å². The SMILES string of the molecule is O=C(CCCCC(=O)NCc1cccc(-c2cccc(C3OC(CSCCO)CC(c4ccc(CO)cc4)O3)c2)c1)NO. The molecule has 0 radical (unpaired) electrons. The molecule has 4 rings (SSSR count). The second-order valence-corrected chi connectivity index (χ2v) is 11.6. The van der Waals surface area contributed by atoms with E-state index in [2.05, 4.69) is 11.4 Å². The smallest absolute Gasteiger partial charge is 0.243 e. The number of nitrogens with one attached hydrogen (secondary N) is 2. The average molecular weight is 609 g/mol. The quantitative estimate of drug-likeness (QED) is 0.0943. The Bertz CT molecular complexity index is 1320. The number of aliphatic hydroxyl groups is 2. The van der Waals surface area contributed by atoms with E-state index in [0.29, 0.717) is 38.0 Å². The molecule has 0 spiro atoms. The van der Waals surface area contributed by atoms with Gasteiger partial charge in [0.2, 0.25) is 11.8 Å². The van der Waals surface area contributed by atoms with E-state index in [1.165, 1.54) is 0 Å². The summed E-state index contributed by atoms with van der Waals surface area (Å²) in [4.78, 5) is 23.4. The molecule has 3 aromatic rings. The van der Waals surface area contributed by atoms with Crippen molar-refractivity contribution in [2.24, 2.45) is 0 Å². The minimum Gasteiger partial charge on any atom is -0.396 e. The summed E-state index contributed by atoms with van der Waals surface area (Å²) in [6.45, 7) is 0.508. The van der Waals surface area contributed by atoms with Gasteiger partial charge in [0.15, 0.2) is 6.29 Å². The van der Waals surface area contributed by atoms with Gasteiger partial charge < -0.3 is 25.0 Å². The molecule has 3 aromatic carbocycles. The lowest BCUT2D eigenvalue weighted by molar-refractivity contribution is -0.245. The molecule has 1 heterocycles. The fourth-order valence-electron chi connectivity index (χ4n) is 4.94. The predicted molar refractivity (Wildman–Crippen MR) is 165 cm³/mol. The first kappa shape index (κ1) is 32.7. The van der Waals surface area contributed by atoms with E-state index < -0.39 is 12.2 Å². The lowest BCUT2D eigenvalue weighted by Crippen LogP contribution is -2.31. The zero-order chi connectivity index (χ0) is 30.4. The van der Waals surface area contributed by atoms with E-state index >= 15 is 0 Å². The summed E-state index contributed by atoms with van der Waals surface area (Å²) in [5.74, 6) is 0.859. The molecular weight excluding hydrogens is 568 g/mol. The Kier molecular flexibility index (Phi) is 13.0. The molecule has 1 aliphatic heterocycles. The lowest BCUT2D eigenvalue weighted by atomic mass is 9.99. The first-order valence-corrected chi connectivity index (χ1v) is 15.7. The second kappa shape index (κ2) is 17.1. The Morgan fingerprint density at radius 1 is 0.837 bits per heavy atom. The summed E-state index contributed by atoms with van der Waals surface area (Å²) in [5, 5.41) is 30.2. The van der Waals surface area contributed by atoms with Crippen molar-refractivity contribution in [2.75, 3.05) is 18.1 Å². The molecule has 1 fully saturated rings.